The number of carbonyl (C=O) groups is 1. The quantitative estimate of drug-likeness (QED) is 0.538. The number of aliphatic hydroxyl groups is 1. The molecule has 1 aliphatic carbocycles. The number of carbonyl (C=O) groups excluding carboxylic acids is 1. The zero-order valence-corrected chi connectivity index (χ0v) is 20.5. The van der Waals surface area contributed by atoms with E-state index in [9.17, 15) is 4.79 Å². The number of halogens is 2. The van der Waals surface area contributed by atoms with E-state index < -0.39 is 0 Å². The van der Waals surface area contributed by atoms with Crippen LogP contribution < -0.4 is 0 Å². The third-order valence-electron chi connectivity index (χ3n) is 7.13. The van der Waals surface area contributed by atoms with Crippen LogP contribution in [0.5, 0.6) is 0 Å². The number of hydrogen-bond donors (Lipinski definition) is 1. The van der Waals surface area contributed by atoms with E-state index in [-0.39, 0.29) is 12.5 Å². The summed E-state index contributed by atoms with van der Waals surface area (Å²) in [5, 5.41) is 9.99. The van der Waals surface area contributed by atoms with Gasteiger partial charge < -0.3 is 14.9 Å². The van der Waals surface area contributed by atoms with Crippen molar-refractivity contribution < 1.29 is 9.90 Å². The van der Waals surface area contributed by atoms with Gasteiger partial charge in [-0.25, -0.2) is 0 Å². The van der Waals surface area contributed by atoms with Crippen LogP contribution in [0.1, 0.15) is 57.4 Å². The number of likely N-dealkylation sites (tertiary alicyclic amines) is 1. The van der Waals surface area contributed by atoms with Gasteiger partial charge >= 0.3 is 0 Å². The summed E-state index contributed by atoms with van der Waals surface area (Å²) in [6.45, 7) is 5.96. The third kappa shape index (κ3) is 6.69. The minimum Gasteiger partial charge on any atom is -0.387 e. The third-order valence-corrected chi connectivity index (χ3v) is 8.14. The summed E-state index contributed by atoms with van der Waals surface area (Å²) in [7, 11) is 0. The van der Waals surface area contributed by atoms with Crippen LogP contribution in [0, 0.1) is 11.8 Å². The van der Waals surface area contributed by atoms with E-state index in [1.165, 1.54) is 61.8 Å². The van der Waals surface area contributed by atoms with Crippen molar-refractivity contribution in [3.8, 4) is 0 Å². The Labute approximate surface area is 195 Å². The second-order valence-corrected chi connectivity index (χ2v) is 10.3. The lowest BCUT2D eigenvalue weighted by Crippen LogP contribution is -2.43. The number of piperidine rings is 1. The first kappa shape index (κ1) is 24.0. The van der Waals surface area contributed by atoms with E-state index in [2.05, 4.69) is 33.0 Å². The van der Waals surface area contributed by atoms with E-state index in [0.29, 0.717) is 12.6 Å². The fourth-order valence-electron chi connectivity index (χ4n) is 5.26. The van der Waals surface area contributed by atoms with Gasteiger partial charge in [-0.15, -0.1) is 0 Å². The fourth-order valence-corrected chi connectivity index (χ4v) is 5.87. The molecule has 30 heavy (non-hydrogen) atoms. The van der Waals surface area contributed by atoms with Gasteiger partial charge in [-0.3, -0.25) is 4.79 Å². The average Bonchev–Trinajstić information content (AvgIpc) is 2.77. The van der Waals surface area contributed by atoms with Crippen LogP contribution in [0.25, 0.3) is 0 Å². The highest BCUT2D eigenvalue weighted by atomic mass is 79.9. The molecule has 0 unspecified atom stereocenters. The molecule has 1 aliphatic heterocycles. The zero-order chi connectivity index (χ0) is 21.5. The molecule has 2 aliphatic rings. The number of hydrogen-bond acceptors (Lipinski definition) is 3. The topological polar surface area (TPSA) is 43.8 Å². The number of nitrogens with zero attached hydrogens (tertiary/aromatic N) is 2. The highest BCUT2D eigenvalue weighted by Crippen LogP contribution is 2.31. The van der Waals surface area contributed by atoms with Gasteiger partial charge in [-0.05, 0) is 114 Å². The molecule has 168 valence electrons. The number of likely N-dealkylation sites (N-methyl/N-ethyl adjacent to an activating group) is 1. The molecular formula is C24H36BrClN2O2. The molecule has 1 saturated heterocycles. The van der Waals surface area contributed by atoms with Crippen molar-refractivity contribution in [3.05, 3.63) is 33.3 Å². The highest BCUT2D eigenvalue weighted by molar-refractivity contribution is 9.10. The van der Waals surface area contributed by atoms with Crippen molar-refractivity contribution in [2.24, 2.45) is 11.8 Å². The van der Waals surface area contributed by atoms with Crippen LogP contribution in [0.3, 0.4) is 0 Å². The molecule has 1 amide bonds. The molecule has 1 heterocycles. The second kappa shape index (κ2) is 11.8. The van der Waals surface area contributed by atoms with Crippen LogP contribution >= 0.6 is 27.5 Å². The van der Waals surface area contributed by atoms with Crippen LogP contribution in [-0.4, -0.2) is 59.6 Å². The molecule has 1 aromatic carbocycles. The monoisotopic (exact) mass is 498 g/mol. The summed E-state index contributed by atoms with van der Waals surface area (Å²) in [6, 6.07) is 6.42. The smallest absolute Gasteiger partial charge is 0.248 e. The van der Waals surface area contributed by atoms with Crippen LogP contribution in [0.2, 0.25) is 5.02 Å². The number of rotatable bonds is 8. The predicted octanol–water partition coefficient (Wildman–Crippen LogP) is 5.15. The Morgan fingerprint density at radius 1 is 1.17 bits per heavy atom. The van der Waals surface area contributed by atoms with Crippen molar-refractivity contribution in [3.63, 3.8) is 0 Å². The van der Waals surface area contributed by atoms with Crippen molar-refractivity contribution >= 4 is 33.4 Å². The minimum absolute atomic E-state index is 0.117. The van der Waals surface area contributed by atoms with Crippen LogP contribution in [0.4, 0.5) is 0 Å². The number of benzene rings is 1. The van der Waals surface area contributed by atoms with Crippen molar-refractivity contribution in [2.45, 2.75) is 64.3 Å². The van der Waals surface area contributed by atoms with Gasteiger partial charge in [0.25, 0.3) is 0 Å². The van der Waals surface area contributed by atoms with E-state index in [1.807, 2.05) is 17.9 Å². The first-order chi connectivity index (χ1) is 14.5. The summed E-state index contributed by atoms with van der Waals surface area (Å²) >= 11 is 9.83. The van der Waals surface area contributed by atoms with E-state index >= 15 is 0 Å². The second-order valence-electron chi connectivity index (χ2n) is 9.03. The minimum atomic E-state index is -0.363. The molecule has 1 aromatic rings. The molecule has 1 N–H and O–H groups in total. The lowest BCUT2D eigenvalue weighted by Gasteiger charge is -2.37. The highest BCUT2D eigenvalue weighted by Gasteiger charge is 2.28. The standard InChI is InChI=1S/C24H36BrClN2O2/c1-2-28(24(30)17-29)22-6-3-18(4-7-22)9-12-27-13-10-19(11-14-27)15-20-16-21(26)5-8-23(20)25/h5,8,16,18-19,22,29H,2-4,6-7,9-15,17H2,1H3. The van der Waals surface area contributed by atoms with Crippen molar-refractivity contribution in [1.82, 2.24) is 9.80 Å². The fraction of sp³-hybridized carbons (Fsp3) is 0.708. The molecule has 0 aromatic heterocycles. The lowest BCUT2D eigenvalue weighted by molar-refractivity contribution is -0.137. The summed E-state index contributed by atoms with van der Waals surface area (Å²) in [5.41, 5.74) is 1.33. The van der Waals surface area contributed by atoms with Crippen LogP contribution in [0.15, 0.2) is 22.7 Å². The molecular weight excluding hydrogens is 464 g/mol. The Morgan fingerprint density at radius 2 is 1.87 bits per heavy atom. The largest absolute Gasteiger partial charge is 0.387 e. The van der Waals surface area contributed by atoms with E-state index in [0.717, 1.165) is 36.1 Å². The molecule has 3 rings (SSSR count). The van der Waals surface area contributed by atoms with Gasteiger partial charge in [0, 0.05) is 22.1 Å². The van der Waals surface area contributed by atoms with Crippen molar-refractivity contribution in [2.75, 3.05) is 32.8 Å². The Hall–Kier alpha value is -0.620. The Morgan fingerprint density at radius 3 is 2.50 bits per heavy atom. The SMILES string of the molecule is CCN(C(=O)CO)C1CCC(CCN2CCC(Cc3cc(Cl)ccc3Br)CC2)CC1. The summed E-state index contributed by atoms with van der Waals surface area (Å²) < 4.78 is 1.17. The van der Waals surface area contributed by atoms with Gasteiger partial charge in [-0.1, -0.05) is 27.5 Å². The normalized spacial score (nSPS) is 23.5. The first-order valence-electron chi connectivity index (χ1n) is 11.6. The summed E-state index contributed by atoms with van der Waals surface area (Å²) in [6.07, 6.45) is 9.50. The molecule has 1 saturated carbocycles. The number of amides is 1. The zero-order valence-electron chi connectivity index (χ0n) is 18.2. The molecule has 6 heteroatoms. The van der Waals surface area contributed by atoms with E-state index in [1.54, 1.807) is 0 Å². The Balaban J connectivity index is 1.35. The molecule has 2 fully saturated rings. The molecule has 0 bridgehead atoms. The van der Waals surface area contributed by atoms with Gasteiger partial charge in [-0.2, -0.15) is 0 Å². The molecule has 4 nitrogen and oxygen atoms in total. The maximum atomic E-state index is 11.9. The Bertz CT molecular complexity index is 686. The maximum absolute atomic E-state index is 11.9. The first-order valence-corrected chi connectivity index (χ1v) is 12.7. The van der Waals surface area contributed by atoms with Crippen LogP contribution in [-0.2, 0) is 11.2 Å². The average molecular weight is 500 g/mol. The predicted molar refractivity (Wildman–Crippen MR) is 127 cm³/mol. The lowest BCUT2D eigenvalue weighted by atomic mass is 9.83. The Kier molecular flexibility index (Phi) is 9.49. The van der Waals surface area contributed by atoms with Gasteiger partial charge in [0.15, 0.2) is 0 Å². The van der Waals surface area contributed by atoms with Gasteiger partial charge in [0.05, 0.1) is 0 Å². The van der Waals surface area contributed by atoms with Gasteiger partial charge in [0.2, 0.25) is 5.91 Å². The summed E-state index contributed by atoms with van der Waals surface area (Å²) in [4.78, 5) is 16.4. The molecule has 0 atom stereocenters. The van der Waals surface area contributed by atoms with E-state index in [4.69, 9.17) is 16.7 Å². The molecule has 0 radical (unpaired) electrons. The maximum Gasteiger partial charge on any atom is 0.248 e. The van der Waals surface area contributed by atoms with Crippen molar-refractivity contribution in [1.29, 1.82) is 0 Å². The number of aliphatic hydroxyl groups excluding tert-OH is 1. The molecule has 0 spiro atoms. The van der Waals surface area contributed by atoms with Gasteiger partial charge in [0.1, 0.15) is 6.61 Å². The summed E-state index contributed by atoms with van der Waals surface area (Å²) in [5.74, 6) is 1.41.